The molecular formula is C43H42Cl2N4O5. The second-order valence-corrected chi connectivity index (χ2v) is 14.9. The molecule has 278 valence electrons. The predicted molar refractivity (Wildman–Crippen MR) is 213 cm³/mol. The number of fused-ring (bicyclic) bond motifs is 3. The van der Waals surface area contributed by atoms with Crippen LogP contribution >= 0.6 is 23.2 Å². The third-order valence-corrected chi connectivity index (χ3v) is 11.3. The van der Waals surface area contributed by atoms with Gasteiger partial charge in [0.05, 0.1) is 28.4 Å². The summed E-state index contributed by atoms with van der Waals surface area (Å²) in [6.45, 7) is 9.66. The Labute approximate surface area is 324 Å². The maximum Gasteiger partial charge on any atom is 0.335 e. The molecule has 3 heterocycles. The van der Waals surface area contributed by atoms with Crippen LogP contribution in [0.1, 0.15) is 67.3 Å². The van der Waals surface area contributed by atoms with E-state index in [9.17, 15) is 19.8 Å². The highest BCUT2D eigenvalue weighted by Crippen LogP contribution is 2.43. The van der Waals surface area contributed by atoms with E-state index >= 15 is 0 Å². The lowest BCUT2D eigenvalue weighted by atomic mass is 9.98. The molecule has 0 spiro atoms. The summed E-state index contributed by atoms with van der Waals surface area (Å²) in [6, 6.07) is 19.6. The van der Waals surface area contributed by atoms with Crippen molar-refractivity contribution in [1.82, 2.24) is 19.2 Å². The Morgan fingerprint density at radius 1 is 0.907 bits per heavy atom. The number of phenols is 1. The molecule has 7 rings (SSSR count). The van der Waals surface area contributed by atoms with Gasteiger partial charge >= 0.3 is 5.97 Å². The molecule has 1 amide bonds. The summed E-state index contributed by atoms with van der Waals surface area (Å²) in [5, 5.41) is 26.8. The lowest BCUT2D eigenvalue weighted by molar-refractivity contribution is 0.0696. The molecule has 0 unspecified atom stereocenters. The Morgan fingerprint density at radius 2 is 1.63 bits per heavy atom. The smallest absolute Gasteiger partial charge is 0.335 e. The molecule has 0 radical (unpaired) electrons. The van der Waals surface area contributed by atoms with Gasteiger partial charge in [0.1, 0.15) is 17.2 Å². The number of nitrogens with zero attached hydrogens (tertiary/aromatic N) is 4. The summed E-state index contributed by atoms with van der Waals surface area (Å²) in [5.41, 5.74) is 10.3. The van der Waals surface area contributed by atoms with Crippen LogP contribution in [-0.2, 0) is 26.6 Å². The lowest BCUT2D eigenvalue weighted by Crippen LogP contribution is -2.31. The molecule has 6 aromatic rings. The van der Waals surface area contributed by atoms with Crippen LogP contribution < -0.4 is 4.74 Å². The summed E-state index contributed by atoms with van der Waals surface area (Å²) >= 11 is 13.5. The molecule has 1 aliphatic rings. The quantitative estimate of drug-likeness (QED) is 0.135. The molecule has 0 saturated carbocycles. The first kappa shape index (κ1) is 37.1. The number of aromatic hydroxyl groups is 1. The Kier molecular flexibility index (Phi) is 10.2. The number of carboxylic acid groups (broad SMARTS) is 1. The van der Waals surface area contributed by atoms with E-state index in [-0.39, 0.29) is 23.8 Å². The fourth-order valence-corrected chi connectivity index (χ4v) is 8.14. The molecule has 0 aliphatic carbocycles. The molecule has 0 saturated heterocycles. The van der Waals surface area contributed by atoms with E-state index in [1.54, 1.807) is 36.4 Å². The van der Waals surface area contributed by atoms with Gasteiger partial charge in [0.15, 0.2) is 0 Å². The maximum atomic E-state index is 14.9. The number of aromatic nitrogens is 3. The summed E-state index contributed by atoms with van der Waals surface area (Å²) < 4.78 is 10.2. The second-order valence-electron chi connectivity index (χ2n) is 14.1. The van der Waals surface area contributed by atoms with E-state index in [0.717, 1.165) is 66.4 Å². The van der Waals surface area contributed by atoms with E-state index in [4.69, 9.17) is 33.0 Å². The van der Waals surface area contributed by atoms with Crippen molar-refractivity contribution in [2.45, 2.75) is 60.0 Å². The molecule has 2 aromatic heterocycles. The van der Waals surface area contributed by atoms with Crippen molar-refractivity contribution in [1.29, 1.82) is 0 Å². The van der Waals surface area contributed by atoms with Gasteiger partial charge in [0.25, 0.3) is 5.91 Å². The number of aromatic carboxylic acids is 1. The summed E-state index contributed by atoms with van der Waals surface area (Å²) in [7, 11) is 1.92. The first-order valence-corrected chi connectivity index (χ1v) is 18.8. The fourth-order valence-electron chi connectivity index (χ4n) is 7.79. The molecule has 0 fully saturated rings. The largest absolute Gasteiger partial charge is 0.508 e. The van der Waals surface area contributed by atoms with Gasteiger partial charge in [-0.15, -0.1) is 0 Å². The zero-order valence-corrected chi connectivity index (χ0v) is 32.5. The minimum Gasteiger partial charge on any atom is -0.508 e. The Balaban J connectivity index is 1.30. The van der Waals surface area contributed by atoms with Gasteiger partial charge < -0.3 is 24.4 Å². The SMILES string of the molecule is Cc1cc(OCCCc2c3n(c4c(-c5c(C)nn(C)c5C)c(Cl)ccc24)CCCN(Cc2cc(C(=O)O)cc(-c4ccc(O)cc4)c2)C3=O)cc(C)c1Cl. The molecule has 0 bridgehead atoms. The van der Waals surface area contributed by atoms with E-state index in [1.165, 1.54) is 0 Å². The van der Waals surface area contributed by atoms with Gasteiger partial charge in [-0.2, -0.15) is 5.10 Å². The first-order valence-electron chi connectivity index (χ1n) is 18.0. The number of carboxylic acids is 1. The van der Waals surface area contributed by atoms with Gasteiger partial charge in [-0.3, -0.25) is 9.48 Å². The molecule has 11 heteroatoms. The van der Waals surface area contributed by atoms with Crippen molar-refractivity contribution in [3.05, 3.63) is 122 Å². The maximum absolute atomic E-state index is 14.9. The minimum atomic E-state index is -1.06. The van der Waals surface area contributed by atoms with E-state index in [2.05, 4.69) is 4.57 Å². The van der Waals surface area contributed by atoms with E-state index < -0.39 is 5.97 Å². The number of aryl methyl sites for hydroxylation is 6. The van der Waals surface area contributed by atoms with E-state index in [1.807, 2.05) is 74.7 Å². The van der Waals surface area contributed by atoms with Crippen LogP contribution in [0, 0.1) is 27.7 Å². The van der Waals surface area contributed by atoms with Crippen LogP contribution in [0.5, 0.6) is 11.5 Å². The molecular weight excluding hydrogens is 723 g/mol. The first-order chi connectivity index (χ1) is 25.8. The number of ether oxygens (including phenoxy) is 1. The molecule has 9 nitrogen and oxygen atoms in total. The average Bonchev–Trinajstić information content (AvgIpc) is 3.52. The van der Waals surface area contributed by atoms with Gasteiger partial charge in [0.2, 0.25) is 0 Å². The zero-order chi connectivity index (χ0) is 38.4. The van der Waals surface area contributed by atoms with Gasteiger partial charge in [-0.1, -0.05) is 41.4 Å². The van der Waals surface area contributed by atoms with Crippen molar-refractivity contribution in [2.75, 3.05) is 13.2 Å². The van der Waals surface area contributed by atoms with Crippen molar-refractivity contribution in [2.24, 2.45) is 7.05 Å². The number of hydrogen-bond donors (Lipinski definition) is 2. The predicted octanol–water partition coefficient (Wildman–Crippen LogP) is 9.71. The van der Waals surface area contributed by atoms with Crippen molar-refractivity contribution in [3.8, 4) is 33.8 Å². The third-order valence-electron chi connectivity index (χ3n) is 10.4. The van der Waals surface area contributed by atoms with Crippen LogP contribution in [0.4, 0.5) is 0 Å². The summed E-state index contributed by atoms with van der Waals surface area (Å²) in [4.78, 5) is 29.0. The highest BCUT2D eigenvalue weighted by molar-refractivity contribution is 6.35. The number of carbonyl (C=O) groups excluding carboxylic acids is 1. The van der Waals surface area contributed by atoms with Crippen LogP contribution in [-0.4, -0.2) is 54.5 Å². The number of rotatable bonds is 10. The zero-order valence-electron chi connectivity index (χ0n) is 31.0. The molecule has 54 heavy (non-hydrogen) atoms. The number of amides is 1. The van der Waals surface area contributed by atoms with Crippen LogP contribution in [0.15, 0.2) is 66.7 Å². The standard InChI is InChI=1S/C43H42Cl2N4O5/c1-24-18-33(19-25(2)39(24)45)54-17-6-8-34-35-13-14-36(44)38(37-26(3)46-47(5)27(37)4)40(35)49-16-7-15-48(42(51)41(34)49)23-28-20-30(22-31(21-28)43(52)53)29-9-11-32(50)12-10-29/h9-14,18-22,50H,6-8,15-17,23H2,1-5H3,(H,52,53). The number of halogens is 2. The molecule has 2 N–H and O–H groups in total. The minimum absolute atomic E-state index is 0.120. The second kappa shape index (κ2) is 14.9. The van der Waals surface area contributed by atoms with Crippen LogP contribution in [0.25, 0.3) is 33.2 Å². The Hall–Kier alpha value is -5.25. The lowest BCUT2D eigenvalue weighted by Gasteiger charge is -2.22. The van der Waals surface area contributed by atoms with E-state index in [0.29, 0.717) is 60.8 Å². The van der Waals surface area contributed by atoms with Crippen LogP contribution in [0.3, 0.4) is 0 Å². The summed E-state index contributed by atoms with van der Waals surface area (Å²) in [6.07, 6.45) is 1.91. The third kappa shape index (κ3) is 6.94. The van der Waals surface area contributed by atoms with Gasteiger partial charge in [-0.05, 0) is 129 Å². The highest BCUT2D eigenvalue weighted by Gasteiger charge is 2.32. The molecule has 0 atom stereocenters. The highest BCUT2D eigenvalue weighted by atomic mass is 35.5. The molecule has 1 aliphatic heterocycles. The molecule has 4 aromatic carbocycles. The number of benzene rings is 4. The van der Waals surface area contributed by atoms with Crippen molar-refractivity contribution < 1.29 is 24.5 Å². The summed E-state index contributed by atoms with van der Waals surface area (Å²) in [5.74, 6) is -0.311. The number of hydrogen-bond acceptors (Lipinski definition) is 5. The van der Waals surface area contributed by atoms with Gasteiger partial charge in [0, 0.05) is 53.9 Å². The Bertz CT molecular complexity index is 2420. The fraction of sp³-hybridized carbons (Fsp3) is 0.279. The topological polar surface area (TPSA) is 110 Å². The average molecular weight is 766 g/mol. The number of phenolic OH excluding ortho intramolecular Hbond substituents is 1. The number of carbonyl (C=O) groups is 2. The monoisotopic (exact) mass is 764 g/mol. The van der Waals surface area contributed by atoms with Crippen molar-refractivity contribution in [3.63, 3.8) is 0 Å². The van der Waals surface area contributed by atoms with Crippen LogP contribution in [0.2, 0.25) is 10.0 Å². The normalized spacial score (nSPS) is 13.0. The Morgan fingerprint density at radius 3 is 2.30 bits per heavy atom. The van der Waals surface area contributed by atoms with Gasteiger partial charge in [-0.25, -0.2) is 4.79 Å². The van der Waals surface area contributed by atoms with Crippen molar-refractivity contribution >= 4 is 46.0 Å².